The van der Waals surface area contributed by atoms with Crippen molar-refractivity contribution in [2.75, 3.05) is 6.54 Å². The van der Waals surface area contributed by atoms with Crippen molar-refractivity contribution in [2.24, 2.45) is 0 Å². The molecule has 0 saturated heterocycles. The van der Waals surface area contributed by atoms with E-state index in [1.54, 1.807) is 0 Å². The highest BCUT2D eigenvalue weighted by Gasteiger charge is 2.17. The number of hydrogen-bond acceptors (Lipinski definition) is 3. The average molecular weight is 227 g/mol. The summed E-state index contributed by atoms with van der Waals surface area (Å²) < 4.78 is 5.43. The Balaban J connectivity index is 2.10. The molecule has 0 bridgehead atoms. The maximum absolute atomic E-state index is 11.5. The van der Waals surface area contributed by atoms with Crippen LogP contribution < -0.4 is 5.32 Å². The van der Waals surface area contributed by atoms with E-state index in [0.29, 0.717) is 13.0 Å². The van der Waals surface area contributed by atoms with Gasteiger partial charge in [0.2, 0.25) is 0 Å². The van der Waals surface area contributed by atoms with Crippen LogP contribution in [0.2, 0.25) is 0 Å². The van der Waals surface area contributed by atoms with E-state index in [4.69, 9.17) is 4.74 Å². The number of hydrogen-bond donors (Lipinski definition) is 1. The first-order valence-corrected chi connectivity index (χ1v) is 6.42. The van der Waals surface area contributed by atoms with E-state index in [9.17, 15) is 4.79 Å². The van der Waals surface area contributed by atoms with Gasteiger partial charge < -0.3 is 10.1 Å². The SMILES string of the molecule is CC(C)(C)NCCC(=O)OC1CCCCC1. The van der Waals surface area contributed by atoms with Gasteiger partial charge in [-0.3, -0.25) is 4.79 Å². The Hall–Kier alpha value is -0.570. The lowest BCUT2D eigenvalue weighted by Crippen LogP contribution is -2.37. The first-order chi connectivity index (χ1) is 7.47. The third kappa shape index (κ3) is 6.11. The molecule has 0 aromatic heterocycles. The molecule has 0 unspecified atom stereocenters. The second-order valence-electron chi connectivity index (χ2n) is 5.68. The Morgan fingerprint density at radius 1 is 1.25 bits per heavy atom. The van der Waals surface area contributed by atoms with Gasteiger partial charge >= 0.3 is 5.97 Å². The molecule has 3 heteroatoms. The number of esters is 1. The lowest BCUT2D eigenvalue weighted by Gasteiger charge is -2.23. The monoisotopic (exact) mass is 227 g/mol. The molecule has 16 heavy (non-hydrogen) atoms. The Morgan fingerprint density at radius 2 is 1.88 bits per heavy atom. The fourth-order valence-corrected chi connectivity index (χ4v) is 1.97. The minimum Gasteiger partial charge on any atom is -0.462 e. The second-order valence-corrected chi connectivity index (χ2v) is 5.68. The lowest BCUT2D eigenvalue weighted by molar-refractivity contribution is -0.150. The summed E-state index contributed by atoms with van der Waals surface area (Å²) in [6.07, 6.45) is 6.48. The highest BCUT2D eigenvalue weighted by atomic mass is 16.5. The molecule has 0 amide bonds. The molecule has 0 spiro atoms. The molecule has 1 saturated carbocycles. The van der Waals surface area contributed by atoms with Gasteiger partial charge in [-0.15, -0.1) is 0 Å². The summed E-state index contributed by atoms with van der Waals surface area (Å²) >= 11 is 0. The fraction of sp³-hybridized carbons (Fsp3) is 0.923. The topological polar surface area (TPSA) is 38.3 Å². The third-order valence-electron chi connectivity index (χ3n) is 2.83. The van der Waals surface area contributed by atoms with Crippen LogP contribution in [0.3, 0.4) is 0 Å². The van der Waals surface area contributed by atoms with Crippen molar-refractivity contribution in [3.8, 4) is 0 Å². The number of rotatable bonds is 4. The molecular formula is C13H25NO2. The van der Waals surface area contributed by atoms with Crippen LogP contribution in [0, 0.1) is 0 Å². The van der Waals surface area contributed by atoms with Crippen LogP contribution in [0.4, 0.5) is 0 Å². The molecule has 94 valence electrons. The predicted molar refractivity (Wildman–Crippen MR) is 65.3 cm³/mol. The van der Waals surface area contributed by atoms with Crippen LogP contribution in [-0.4, -0.2) is 24.2 Å². The van der Waals surface area contributed by atoms with Gasteiger partial charge in [0.25, 0.3) is 0 Å². The van der Waals surface area contributed by atoms with Crippen LogP contribution in [0.1, 0.15) is 59.3 Å². The van der Waals surface area contributed by atoms with Gasteiger partial charge in [-0.2, -0.15) is 0 Å². The standard InChI is InChI=1S/C13H25NO2/c1-13(2,3)14-10-9-12(15)16-11-7-5-4-6-8-11/h11,14H,4-10H2,1-3H3. The van der Waals surface area contributed by atoms with Crippen LogP contribution in [0.5, 0.6) is 0 Å². The molecule has 0 atom stereocenters. The van der Waals surface area contributed by atoms with Crippen molar-refractivity contribution in [1.82, 2.24) is 5.32 Å². The smallest absolute Gasteiger partial charge is 0.307 e. The summed E-state index contributed by atoms with van der Waals surface area (Å²) in [6, 6.07) is 0. The van der Waals surface area contributed by atoms with Gasteiger partial charge in [-0.25, -0.2) is 0 Å². The molecular weight excluding hydrogens is 202 g/mol. The van der Waals surface area contributed by atoms with Gasteiger partial charge in [-0.05, 0) is 46.5 Å². The Morgan fingerprint density at radius 3 is 2.44 bits per heavy atom. The minimum atomic E-state index is -0.0522. The maximum Gasteiger partial charge on any atom is 0.307 e. The predicted octanol–water partition coefficient (Wildman–Crippen LogP) is 2.64. The second kappa shape index (κ2) is 6.24. The van der Waals surface area contributed by atoms with E-state index in [0.717, 1.165) is 12.8 Å². The first kappa shape index (κ1) is 13.5. The van der Waals surface area contributed by atoms with E-state index in [-0.39, 0.29) is 17.6 Å². The third-order valence-corrected chi connectivity index (χ3v) is 2.83. The molecule has 1 aliphatic rings. The van der Waals surface area contributed by atoms with Crippen molar-refractivity contribution in [3.05, 3.63) is 0 Å². The van der Waals surface area contributed by atoms with Crippen molar-refractivity contribution >= 4 is 5.97 Å². The Bertz CT molecular complexity index is 214. The number of carbonyl (C=O) groups is 1. The van der Waals surface area contributed by atoms with E-state index in [2.05, 4.69) is 26.1 Å². The Labute approximate surface area is 98.9 Å². The van der Waals surface area contributed by atoms with Gasteiger partial charge in [-0.1, -0.05) is 6.42 Å². The first-order valence-electron chi connectivity index (χ1n) is 6.42. The zero-order valence-corrected chi connectivity index (χ0v) is 10.8. The van der Waals surface area contributed by atoms with Gasteiger partial charge in [0, 0.05) is 12.1 Å². The molecule has 3 nitrogen and oxygen atoms in total. The van der Waals surface area contributed by atoms with Crippen molar-refractivity contribution in [1.29, 1.82) is 0 Å². The normalized spacial score (nSPS) is 18.4. The van der Waals surface area contributed by atoms with Crippen LogP contribution in [0.25, 0.3) is 0 Å². The van der Waals surface area contributed by atoms with Crippen LogP contribution >= 0.6 is 0 Å². The zero-order valence-electron chi connectivity index (χ0n) is 10.8. The molecule has 0 aromatic rings. The molecule has 0 heterocycles. The molecule has 1 N–H and O–H groups in total. The van der Waals surface area contributed by atoms with Crippen molar-refractivity contribution < 1.29 is 9.53 Å². The minimum absolute atomic E-state index is 0.0522. The van der Waals surface area contributed by atoms with E-state index >= 15 is 0 Å². The number of nitrogens with one attached hydrogen (secondary N) is 1. The molecule has 1 aliphatic carbocycles. The highest BCUT2D eigenvalue weighted by Crippen LogP contribution is 2.20. The fourth-order valence-electron chi connectivity index (χ4n) is 1.97. The quantitative estimate of drug-likeness (QED) is 0.750. The summed E-state index contributed by atoms with van der Waals surface area (Å²) in [5, 5.41) is 3.29. The molecule has 1 rings (SSSR count). The molecule has 0 aromatic carbocycles. The highest BCUT2D eigenvalue weighted by molar-refractivity contribution is 5.69. The summed E-state index contributed by atoms with van der Waals surface area (Å²) in [7, 11) is 0. The largest absolute Gasteiger partial charge is 0.462 e. The van der Waals surface area contributed by atoms with E-state index < -0.39 is 0 Å². The average Bonchev–Trinajstić information content (AvgIpc) is 2.17. The summed E-state index contributed by atoms with van der Waals surface area (Å²) in [5.74, 6) is -0.0522. The van der Waals surface area contributed by atoms with Gasteiger partial charge in [0.15, 0.2) is 0 Å². The zero-order chi connectivity index (χ0) is 12.0. The van der Waals surface area contributed by atoms with E-state index in [1.807, 2.05) is 0 Å². The molecule has 1 fully saturated rings. The van der Waals surface area contributed by atoms with Crippen LogP contribution in [0.15, 0.2) is 0 Å². The number of ether oxygens (including phenoxy) is 1. The lowest BCUT2D eigenvalue weighted by atomic mass is 9.98. The summed E-state index contributed by atoms with van der Waals surface area (Å²) in [5.41, 5.74) is 0.0745. The maximum atomic E-state index is 11.5. The number of carbonyl (C=O) groups excluding carboxylic acids is 1. The molecule has 0 radical (unpaired) electrons. The van der Waals surface area contributed by atoms with Crippen LogP contribution in [-0.2, 0) is 9.53 Å². The summed E-state index contributed by atoms with van der Waals surface area (Å²) in [6.45, 7) is 6.99. The summed E-state index contributed by atoms with van der Waals surface area (Å²) in [4.78, 5) is 11.5. The van der Waals surface area contributed by atoms with Gasteiger partial charge in [0.1, 0.15) is 6.10 Å². The van der Waals surface area contributed by atoms with Gasteiger partial charge in [0.05, 0.1) is 6.42 Å². The van der Waals surface area contributed by atoms with Crippen molar-refractivity contribution in [3.63, 3.8) is 0 Å². The molecule has 0 aliphatic heterocycles. The van der Waals surface area contributed by atoms with Crippen molar-refractivity contribution in [2.45, 2.75) is 70.9 Å². The Kier molecular flexibility index (Phi) is 5.26. The van der Waals surface area contributed by atoms with E-state index in [1.165, 1.54) is 19.3 Å².